The molecule has 0 heterocycles. The van der Waals surface area contributed by atoms with Crippen LogP contribution in [0.15, 0.2) is 128 Å². The van der Waals surface area contributed by atoms with E-state index in [1.807, 2.05) is 13.0 Å². The van der Waals surface area contributed by atoms with Crippen molar-refractivity contribution in [2.24, 2.45) is 0 Å². The van der Waals surface area contributed by atoms with Gasteiger partial charge in [0.25, 0.3) is 0 Å². The van der Waals surface area contributed by atoms with E-state index in [0.29, 0.717) is 12.0 Å². The third-order valence-corrected chi connectivity index (χ3v) is 10.4. The minimum absolute atomic E-state index is 0.271. The van der Waals surface area contributed by atoms with Gasteiger partial charge in [-0.2, -0.15) is 0 Å². The summed E-state index contributed by atoms with van der Waals surface area (Å²) in [5, 5.41) is 9.75. The Balaban J connectivity index is 2.28. The van der Waals surface area contributed by atoms with E-state index < -0.39 is 17.3 Å². The van der Waals surface area contributed by atoms with Gasteiger partial charge in [0.15, 0.2) is 0 Å². The molecular weight excluding hydrogens is 689 g/mol. The van der Waals surface area contributed by atoms with Crippen molar-refractivity contribution < 1.29 is 19.4 Å². The van der Waals surface area contributed by atoms with E-state index in [4.69, 9.17) is 4.74 Å². The number of carbonyl (C=O) groups is 2. The molecule has 1 aliphatic carbocycles. The normalized spacial score (nSPS) is 15.9. The minimum Gasteiger partial charge on any atom is -0.501 e. The maximum atomic E-state index is 12.4. The van der Waals surface area contributed by atoms with Crippen molar-refractivity contribution in [3.63, 3.8) is 0 Å². The number of allylic oxidation sites excluding steroid dienone is 20. The Morgan fingerprint density at radius 1 is 0.464 bits per heavy atom. The lowest BCUT2D eigenvalue weighted by Gasteiger charge is -2.13. The SMILES string of the molecule is COC1=C(O)C(=O)C=C(CC=C(C)CCC=C(C)CCC=C(C)CCC=C(C)CCC=C(C)CCC=C(C)CCC=C(C)CCC=C(C)CCC=C(C)C)C1=O. The van der Waals surface area contributed by atoms with Crippen molar-refractivity contribution >= 4 is 11.6 Å². The highest BCUT2D eigenvalue weighted by Gasteiger charge is 2.28. The number of ketones is 2. The zero-order valence-electron chi connectivity index (χ0n) is 37.5. The van der Waals surface area contributed by atoms with Crippen molar-refractivity contribution in [3.05, 3.63) is 128 Å². The summed E-state index contributed by atoms with van der Waals surface area (Å²) in [5.74, 6) is -1.90. The molecule has 0 aromatic heterocycles. The first-order chi connectivity index (χ1) is 26.6. The van der Waals surface area contributed by atoms with Crippen LogP contribution in [0.5, 0.6) is 0 Å². The highest BCUT2D eigenvalue weighted by Crippen LogP contribution is 2.23. The number of rotatable bonds is 27. The molecule has 0 bridgehead atoms. The Morgan fingerprint density at radius 2 is 0.732 bits per heavy atom. The molecule has 0 saturated heterocycles. The topological polar surface area (TPSA) is 63.6 Å². The number of carbonyl (C=O) groups excluding carboxylic acids is 2. The maximum absolute atomic E-state index is 12.4. The summed E-state index contributed by atoms with van der Waals surface area (Å²) in [6.45, 7) is 22.2. The Hall–Kier alpha value is -3.92. The van der Waals surface area contributed by atoms with Gasteiger partial charge >= 0.3 is 0 Å². The predicted octanol–water partition coefficient (Wildman–Crippen LogP) is 15.6. The Kier molecular flexibility index (Phi) is 26.2. The van der Waals surface area contributed by atoms with E-state index in [9.17, 15) is 14.7 Å². The molecule has 0 amide bonds. The molecule has 1 aliphatic rings. The van der Waals surface area contributed by atoms with Crippen LogP contribution in [-0.4, -0.2) is 23.8 Å². The highest BCUT2D eigenvalue weighted by atomic mass is 16.5. The van der Waals surface area contributed by atoms with E-state index in [2.05, 4.69) is 111 Å². The fourth-order valence-corrected chi connectivity index (χ4v) is 6.51. The smallest absolute Gasteiger partial charge is 0.228 e. The van der Waals surface area contributed by atoms with E-state index in [1.165, 1.54) is 70.6 Å². The maximum Gasteiger partial charge on any atom is 0.228 e. The van der Waals surface area contributed by atoms with Gasteiger partial charge in [0.05, 0.1) is 7.11 Å². The molecule has 0 aromatic carbocycles. The second-order valence-electron chi connectivity index (χ2n) is 16.4. The number of methoxy groups -OCH3 is 1. The van der Waals surface area contributed by atoms with Crippen LogP contribution in [0.2, 0.25) is 0 Å². The van der Waals surface area contributed by atoms with Gasteiger partial charge in [-0.15, -0.1) is 0 Å². The second kappa shape index (κ2) is 29.3. The highest BCUT2D eigenvalue weighted by molar-refractivity contribution is 6.20. The van der Waals surface area contributed by atoms with Gasteiger partial charge in [0.1, 0.15) is 0 Å². The van der Waals surface area contributed by atoms with Crippen LogP contribution in [0.3, 0.4) is 0 Å². The average molecular weight is 767 g/mol. The third-order valence-electron chi connectivity index (χ3n) is 10.4. The number of hydrogen-bond donors (Lipinski definition) is 1. The van der Waals surface area contributed by atoms with Crippen LogP contribution in [0.25, 0.3) is 0 Å². The van der Waals surface area contributed by atoms with Crippen LogP contribution in [0, 0.1) is 0 Å². The molecule has 0 aliphatic heterocycles. The van der Waals surface area contributed by atoms with Gasteiger partial charge in [-0.25, -0.2) is 0 Å². The summed E-state index contributed by atoms with van der Waals surface area (Å²) in [6, 6.07) is 0. The fourth-order valence-electron chi connectivity index (χ4n) is 6.51. The zero-order chi connectivity index (χ0) is 41.9. The lowest BCUT2D eigenvalue weighted by molar-refractivity contribution is -0.120. The van der Waals surface area contributed by atoms with Crippen molar-refractivity contribution in [1.82, 2.24) is 0 Å². The van der Waals surface area contributed by atoms with Crippen LogP contribution in [0.1, 0.15) is 178 Å². The van der Waals surface area contributed by atoms with Crippen molar-refractivity contribution in [1.29, 1.82) is 0 Å². The molecule has 4 nitrogen and oxygen atoms in total. The predicted molar refractivity (Wildman–Crippen MR) is 243 cm³/mol. The molecule has 310 valence electrons. The van der Waals surface area contributed by atoms with Gasteiger partial charge < -0.3 is 9.84 Å². The molecule has 0 atom stereocenters. The first-order valence-corrected chi connectivity index (χ1v) is 21.3. The van der Waals surface area contributed by atoms with E-state index in [1.54, 1.807) is 0 Å². The summed E-state index contributed by atoms with van der Waals surface area (Å²) in [5.41, 5.74) is 13.3. The first-order valence-electron chi connectivity index (χ1n) is 21.3. The van der Waals surface area contributed by atoms with E-state index in [-0.39, 0.29) is 5.76 Å². The quantitative estimate of drug-likeness (QED) is 0.0668. The van der Waals surface area contributed by atoms with Gasteiger partial charge in [-0.05, 0) is 184 Å². The molecule has 0 fully saturated rings. The summed E-state index contributed by atoms with van der Waals surface area (Å²) < 4.78 is 4.93. The van der Waals surface area contributed by atoms with Crippen LogP contribution in [0.4, 0.5) is 0 Å². The Morgan fingerprint density at radius 3 is 1.00 bits per heavy atom. The van der Waals surface area contributed by atoms with Gasteiger partial charge in [0.2, 0.25) is 23.1 Å². The van der Waals surface area contributed by atoms with Crippen LogP contribution in [-0.2, 0) is 14.3 Å². The number of ether oxygens (including phenoxy) is 1. The average Bonchev–Trinajstić information content (AvgIpc) is 3.12. The fraction of sp³-hybridized carbons (Fsp3) is 0.538. The van der Waals surface area contributed by atoms with Crippen LogP contribution >= 0.6 is 0 Å². The first kappa shape index (κ1) is 50.1. The Labute approximate surface area is 343 Å². The number of aliphatic hydroxyl groups is 1. The van der Waals surface area contributed by atoms with E-state index in [0.717, 1.165) is 95.5 Å². The van der Waals surface area contributed by atoms with Crippen molar-refractivity contribution in [2.45, 2.75) is 178 Å². The molecule has 4 heteroatoms. The largest absolute Gasteiger partial charge is 0.501 e. The monoisotopic (exact) mass is 767 g/mol. The minimum atomic E-state index is -0.616. The third kappa shape index (κ3) is 23.9. The number of hydrogen-bond acceptors (Lipinski definition) is 4. The zero-order valence-corrected chi connectivity index (χ0v) is 37.5. The molecule has 0 spiro atoms. The summed E-state index contributed by atoms with van der Waals surface area (Å²) in [4.78, 5) is 24.3. The Bertz CT molecular complexity index is 1620. The van der Waals surface area contributed by atoms with Gasteiger partial charge in [0, 0.05) is 5.57 Å². The summed E-state index contributed by atoms with van der Waals surface area (Å²) in [6.07, 6.45) is 40.4. The van der Waals surface area contributed by atoms with Gasteiger partial charge in [-0.1, -0.05) is 105 Å². The number of Topliss-reactive ketones (excluding diaryl/α,β-unsaturated/α-hetero) is 1. The van der Waals surface area contributed by atoms with Crippen molar-refractivity contribution in [3.8, 4) is 0 Å². The van der Waals surface area contributed by atoms with Crippen molar-refractivity contribution in [2.75, 3.05) is 7.11 Å². The molecule has 1 N–H and O–H groups in total. The molecule has 1 rings (SSSR count). The number of aliphatic hydroxyl groups excluding tert-OH is 1. The van der Waals surface area contributed by atoms with Crippen LogP contribution < -0.4 is 0 Å². The van der Waals surface area contributed by atoms with Gasteiger partial charge in [-0.3, -0.25) is 9.59 Å². The van der Waals surface area contributed by atoms with E-state index >= 15 is 0 Å². The summed E-state index contributed by atoms with van der Waals surface area (Å²) >= 11 is 0. The molecule has 0 radical (unpaired) electrons. The molecule has 0 saturated carbocycles. The second-order valence-corrected chi connectivity index (χ2v) is 16.4. The lowest BCUT2D eigenvalue weighted by Crippen LogP contribution is -2.20. The lowest BCUT2D eigenvalue weighted by atomic mass is 9.96. The molecule has 56 heavy (non-hydrogen) atoms. The molecule has 0 aromatic rings. The molecule has 0 unspecified atom stereocenters. The summed E-state index contributed by atoms with van der Waals surface area (Å²) in [7, 11) is 1.28. The molecular formula is C52H78O4. The standard InChI is InChI=1S/C52H78O4/c1-39(2)20-12-21-40(3)22-13-23-41(4)24-14-25-42(5)26-15-27-43(6)28-16-29-44(7)30-17-31-45(8)32-18-33-46(9)34-19-35-47(10)36-37-48-38-49(53)51(55)52(56-11)50(48)54/h20,22,24,26,28,30,32,34,36,38,55H,12-19,21,23,25,27,29,31,33,35,37H2,1-11H3.